The lowest BCUT2D eigenvalue weighted by molar-refractivity contribution is -0.384. The molecule has 1 saturated carbocycles. The van der Waals surface area contributed by atoms with E-state index in [1.807, 2.05) is 0 Å². The smallest absolute Gasteiger partial charge is 0.272 e. The summed E-state index contributed by atoms with van der Waals surface area (Å²) in [7, 11) is 0. The van der Waals surface area contributed by atoms with Crippen molar-refractivity contribution < 1.29 is 4.92 Å². The molecular formula is C11H12Cl2N2O2. The van der Waals surface area contributed by atoms with Crippen molar-refractivity contribution in [1.82, 2.24) is 0 Å². The lowest BCUT2D eigenvalue weighted by Crippen LogP contribution is -2.21. The third kappa shape index (κ3) is 2.82. The number of nitrogens with one attached hydrogen (secondary N) is 1. The van der Waals surface area contributed by atoms with Crippen LogP contribution >= 0.6 is 23.2 Å². The summed E-state index contributed by atoms with van der Waals surface area (Å²) < 4.78 is 0. The normalized spacial score (nSPS) is 15.4. The maximum Gasteiger partial charge on any atom is 0.272 e. The number of anilines is 1. The molecule has 1 aromatic carbocycles. The van der Waals surface area contributed by atoms with E-state index in [1.54, 1.807) is 0 Å². The zero-order chi connectivity index (χ0) is 12.4. The molecule has 1 aromatic rings. The number of hydrogen-bond acceptors (Lipinski definition) is 3. The zero-order valence-corrected chi connectivity index (χ0v) is 10.6. The fourth-order valence-corrected chi connectivity index (χ4v) is 2.39. The van der Waals surface area contributed by atoms with E-state index in [-0.39, 0.29) is 5.69 Å². The van der Waals surface area contributed by atoms with Crippen molar-refractivity contribution in [1.29, 1.82) is 0 Å². The number of benzene rings is 1. The second kappa shape index (κ2) is 5.10. The molecule has 0 aliphatic heterocycles. The number of hydrogen-bond donors (Lipinski definition) is 1. The van der Waals surface area contributed by atoms with E-state index in [0.29, 0.717) is 21.7 Å². The van der Waals surface area contributed by atoms with Crippen LogP contribution in [0.15, 0.2) is 12.1 Å². The Kier molecular flexibility index (Phi) is 3.74. The van der Waals surface area contributed by atoms with Gasteiger partial charge in [0.15, 0.2) is 0 Å². The molecule has 17 heavy (non-hydrogen) atoms. The van der Waals surface area contributed by atoms with Crippen LogP contribution in [-0.2, 0) is 0 Å². The molecule has 0 atom stereocenters. The average Bonchev–Trinajstić information content (AvgIpc) is 2.18. The molecule has 1 fully saturated rings. The van der Waals surface area contributed by atoms with E-state index in [0.717, 1.165) is 6.54 Å². The Hall–Kier alpha value is -1.00. The second-order valence-corrected chi connectivity index (χ2v) is 5.03. The third-order valence-corrected chi connectivity index (χ3v) is 3.63. The predicted octanol–water partition coefficient (Wildman–Crippen LogP) is 4.11. The van der Waals surface area contributed by atoms with Gasteiger partial charge in [-0.1, -0.05) is 29.6 Å². The topological polar surface area (TPSA) is 55.2 Å². The molecule has 0 bridgehead atoms. The van der Waals surface area contributed by atoms with Crippen molar-refractivity contribution in [2.45, 2.75) is 19.3 Å². The highest BCUT2D eigenvalue weighted by atomic mass is 35.5. The van der Waals surface area contributed by atoms with Gasteiger partial charge in [0.25, 0.3) is 5.69 Å². The minimum Gasteiger partial charge on any atom is -0.382 e. The van der Waals surface area contributed by atoms with Crippen LogP contribution < -0.4 is 5.32 Å². The SMILES string of the molecule is O=[N+]([O-])c1cc(Cl)c(NCC2CCC2)c(Cl)c1. The van der Waals surface area contributed by atoms with Gasteiger partial charge in [0.05, 0.1) is 20.7 Å². The Morgan fingerprint density at radius 1 is 1.35 bits per heavy atom. The summed E-state index contributed by atoms with van der Waals surface area (Å²) in [5.41, 5.74) is 0.500. The quantitative estimate of drug-likeness (QED) is 0.664. The van der Waals surface area contributed by atoms with Gasteiger partial charge >= 0.3 is 0 Å². The van der Waals surface area contributed by atoms with Gasteiger partial charge in [0.2, 0.25) is 0 Å². The molecule has 1 aliphatic carbocycles. The molecule has 4 nitrogen and oxygen atoms in total. The summed E-state index contributed by atoms with van der Waals surface area (Å²) in [6.45, 7) is 0.817. The lowest BCUT2D eigenvalue weighted by Gasteiger charge is -2.26. The highest BCUT2D eigenvalue weighted by Gasteiger charge is 2.19. The van der Waals surface area contributed by atoms with Crippen LogP contribution in [0.1, 0.15) is 19.3 Å². The van der Waals surface area contributed by atoms with E-state index in [2.05, 4.69) is 5.32 Å². The summed E-state index contributed by atoms with van der Waals surface area (Å²) in [5.74, 6) is 0.664. The maximum absolute atomic E-state index is 10.6. The minimum atomic E-state index is -0.506. The van der Waals surface area contributed by atoms with Crippen LogP contribution in [0.3, 0.4) is 0 Å². The van der Waals surface area contributed by atoms with Crippen LogP contribution in [-0.4, -0.2) is 11.5 Å². The summed E-state index contributed by atoms with van der Waals surface area (Å²) in [4.78, 5) is 10.1. The van der Waals surface area contributed by atoms with Gasteiger partial charge in [-0.3, -0.25) is 10.1 Å². The molecule has 0 amide bonds. The van der Waals surface area contributed by atoms with Crippen LogP contribution in [0.25, 0.3) is 0 Å². The van der Waals surface area contributed by atoms with E-state index < -0.39 is 4.92 Å². The molecule has 0 aromatic heterocycles. The summed E-state index contributed by atoms with van der Waals surface area (Å²) in [6.07, 6.45) is 3.71. The minimum absolute atomic E-state index is 0.0887. The van der Waals surface area contributed by atoms with Crippen molar-refractivity contribution >= 4 is 34.6 Å². The number of halogens is 2. The van der Waals surface area contributed by atoms with Gasteiger partial charge in [-0.15, -0.1) is 0 Å². The molecule has 0 spiro atoms. The van der Waals surface area contributed by atoms with Gasteiger partial charge < -0.3 is 5.32 Å². The Morgan fingerprint density at radius 2 is 1.94 bits per heavy atom. The lowest BCUT2D eigenvalue weighted by atomic mass is 9.85. The van der Waals surface area contributed by atoms with Crippen molar-refractivity contribution in [2.24, 2.45) is 5.92 Å². The Labute approximate surface area is 109 Å². The first-order valence-electron chi connectivity index (χ1n) is 5.45. The molecule has 0 heterocycles. The molecule has 6 heteroatoms. The Bertz CT molecular complexity index is 424. The highest BCUT2D eigenvalue weighted by molar-refractivity contribution is 6.39. The summed E-state index contributed by atoms with van der Waals surface area (Å²) in [6, 6.07) is 2.63. The molecule has 1 aliphatic rings. The van der Waals surface area contributed by atoms with Crippen molar-refractivity contribution in [3.8, 4) is 0 Å². The number of nitro benzene ring substituents is 1. The first-order chi connectivity index (χ1) is 8.08. The van der Waals surface area contributed by atoms with E-state index in [4.69, 9.17) is 23.2 Å². The fourth-order valence-electron chi connectivity index (χ4n) is 1.78. The summed E-state index contributed by atoms with van der Waals surface area (Å²) in [5, 5.41) is 14.4. The van der Waals surface area contributed by atoms with E-state index >= 15 is 0 Å². The maximum atomic E-state index is 10.6. The zero-order valence-electron chi connectivity index (χ0n) is 9.08. The van der Waals surface area contributed by atoms with Crippen LogP contribution in [0, 0.1) is 16.0 Å². The predicted molar refractivity (Wildman–Crippen MR) is 68.9 cm³/mol. The number of rotatable bonds is 4. The van der Waals surface area contributed by atoms with Gasteiger partial charge in [-0.25, -0.2) is 0 Å². The van der Waals surface area contributed by atoms with Crippen LogP contribution in [0.5, 0.6) is 0 Å². The van der Waals surface area contributed by atoms with Gasteiger partial charge in [-0.2, -0.15) is 0 Å². The average molecular weight is 275 g/mol. The van der Waals surface area contributed by atoms with Crippen molar-refractivity contribution in [3.05, 3.63) is 32.3 Å². The van der Waals surface area contributed by atoms with E-state index in [1.165, 1.54) is 31.4 Å². The molecule has 0 unspecified atom stereocenters. The van der Waals surface area contributed by atoms with E-state index in [9.17, 15) is 10.1 Å². The molecule has 92 valence electrons. The summed E-state index contributed by atoms with van der Waals surface area (Å²) >= 11 is 11.9. The highest BCUT2D eigenvalue weighted by Crippen LogP contribution is 2.35. The largest absolute Gasteiger partial charge is 0.382 e. The first kappa shape index (κ1) is 12.5. The Balaban J connectivity index is 2.12. The third-order valence-electron chi connectivity index (χ3n) is 3.03. The number of nitrogens with zero attached hydrogens (tertiary/aromatic N) is 1. The number of non-ortho nitro benzene ring substituents is 1. The molecule has 1 N–H and O–H groups in total. The van der Waals surface area contributed by atoms with Crippen LogP contribution in [0.4, 0.5) is 11.4 Å². The van der Waals surface area contributed by atoms with Crippen LogP contribution in [0.2, 0.25) is 10.0 Å². The Morgan fingerprint density at radius 3 is 2.35 bits per heavy atom. The molecule has 0 radical (unpaired) electrons. The fraction of sp³-hybridized carbons (Fsp3) is 0.455. The second-order valence-electron chi connectivity index (χ2n) is 4.22. The van der Waals surface area contributed by atoms with Crippen molar-refractivity contribution in [3.63, 3.8) is 0 Å². The van der Waals surface area contributed by atoms with Gasteiger partial charge in [0, 0.05) is 18.7 Å². The molecular weight excluding hydrogens is 263 g/mol. The first-order valence-corrected chi connectivity index (χ1v) is 6.21. The molecule has 0 saturated heterocycles. The number of nitro groups is 1. The van der Waals surface area contributed by atoms with Crippen molar-refractivity contribution in [2.75, 3.05) is 11.9 Å². The van der Waals surface area contributed by atoms with Gasteiger partial charge in [-0.05, 0) is 18.8 Å². The standard InChI is InChI=1S/C11H12Cl2N2O2/c12-9-4-8(15(16)17)5-10(13)11(9)14-6-7-2-1-3-7/h4-5,7,14H,1-3,6H2. The van der Waals surface area contributed by atoms with Gasteiger partial charge in [0.1, 0.15) is 0 Å². The molecule has 2 rings (SSSR count). The monoisotopic (exact) mass is 274 g/mol.